The van der Waals surface area contributed by atoms with Gasteiger partial charge < -0.3 is 20.7 Å². The highest BCUT2D eigenvalue weighted by Gasteiger charge is 2.30. The van der Waals surface area contributed by atoms with Crippen molar-refractivity contribution in [1.29, 1.82) is 0 Å². The van der Waals surface area contributed by atoms with E-state index in [-0.39, 0.29) is 18.1 Å². The fraction of sp³-hybridized carbons (Fsp3) is 0.414. The van der Waals surface area contributed by atoms with Crippen LogP contribution in [0.2, 0.25) is 5.02 Å². The van der Waals surface area contributed by atoms with Crippen LogP contribution in [-0.2, 0) is 11.3 Å². The van der Waals surface area contributed by atoms with Gasteiger partial charge in [0.2, 0.25) is 5.95 Å². The van der Waals surface area contributed by atoms with Gasteiger partial charge in [-0.25, -0.2) is 14.8 Å². The van der Waals surface area contributed by atoms with Gasteiger partial charge in [0.1, 0.15) is 5.60 Å². The van der Waals surface area contributed by atoms with Gasteiger partial charge in [-0.15, -0.1) is 0 Å². The van der Waals surface area contributed by atoms with Crippen LogP contribution in [0.5, 0.6) is 0 Å². The Morgan fingerprint density at radius 1 is 1.26 bits per heavy atom. The second-order valence-electron chi connectivity index (χ2n) is 10.9. The minimum Gasteiger partial charge on any atom is -0.444 e. The van der Waals surface area contributed by atoms with E-state index in [1.807, 2.05) is 56.1 Å². The third kappa shape index (κ3) is 6.19. The van der Waals surface area contributed by atoms with E-state index in [0.717, 1.165) is 60.6 Å². The van der Waals surface area contributed by atoms with Crippen molar-refractivity contribution in [2.75, 3.05) is 18.4 Å². The smallest absolute Gasteiger partial charge is 0.410 e. The molecule has 1 aliphatic carbocycles. The van der Waals surface area contributed by atoms with Crippen molar-refractivity contribution in [3.05, 3.63) is 76.9 Å². The lowest BCUT2D eigenvalue weighted by molar-refractivity contribution is 0.0114. The molecule has 0 radical (unpaired) electrons. The highest BCUT2D eigenvalue weighted by atomic mass is 35.5. The number of hydrogen-bond donors (Lipinski definition) is 3. The van der Waals surface area contributed by atoms with Crippen LogP contribution in [0.1, 0.15) is 51.3 Å². The van der Waals surface area contributed by atoms with Gasteiger partial charge >= 0.3 is 6.09 Å². The summed E-state index contributed by atoms with van der Waals surface area (Å²) >= 11 is 6.50. The van der Waals surface area contributed by atoms with Crippen molar-refractivity contribution in [3.8, 4) is 0 Å². The highest BCUT2D eigenvalue weighted by Crippen LogP contribution is 2.38. The van der Waals surface area contributed by atoms with Crippen LogP contribution in [0, 0.1) is 5.92 Å². The molecular weight excluding hydrogens is 500 g/mol. The van der Waals surface area contributed by atoms with Crippen molar-refractivity contribution in [1.82, 2.24) is 25.5 Å². The van der Waals surface area contributed by atoms with Crippen LogP contribution < -0.4 is 16.0 Å². The third-order valence-electron chi connectivity index (χ3n) is 6.85. The van der Waals surface area contributed by atoms with Gasteiger partial charge in [-0.2, -0.15) is 0 Å². The Hall–Kier alpha value is -3.36. The summed E-state index contributed by atoms with van der Waals surface area (Å²) in [6.07, 6.45) is 12.5. The van der Waals surface area contributed by atoms with E-state index < -0.39 is 5.60 Å². The highest BCUT2D eigenvalue weighted by molar-refractivity contribution is 6.32. The first kappa shape index (κ1) is 26.3. The van der Waals surface area contributed by atoms with Crippen molar-refractivity contribution in [2.45, 2.75) is 58.2 Å². The van der Waals surface area contributed by atoms with E-state index in [2.05, 4.69) is 39.2 Å². The summed E-state index contributed by atoms with van der Waals surface area (Å²) in [4.78, 5) is 24.0. The van der Waals surface area contributed by atoms with Gasteiger partial charge in [-0.05, 0) is 70.4 Å². The van der Waals surface area contributed by atoms with Crippen LogP contribution in [0.3, 0.4) is 0 Å². The lowest BCUT2D eigenvalue weighted by Crippen LogP contribution is -2.49. The lowest BCUT2D eigenvalue weighted by atomic mass is 9.90. The predicted octanol–water partition coefficient (Wildman–Crippen LogP) is 5.77. The molecule has 1 fully saturated rings. The van der Waals surface area contributed by atoms with E-state index in [9.17, 15) is 4.79 Å². The van der Waals surface area contributed by atoms with Crippen molar-refractivity contribution in [3.63, 3.8) is 0 Å². The summed E-state index contributed by atoms with van der Waals surface area (Å²) in [5, 5.41) is 10.6. The fourth-order valence-electron chi connectivity index (χ4n) is 4.98. The molecule has 1 aromatic carbocycles. The van der Waals surface area contributed by atoms with Gasteiger partial charge in [-0.1, -0.05) is 35.9 Å². The number of nitrogens with one attached hydrogen (secondary N) is 3. The number of halogens is 1. The summed E-state index contributed by atoms with van der Waals surface area (Å²) in [6, 6.07) is 8.08. The lowest BCUT2D eigenvalue weighted by Gasteiger charge is -2.36. The van der Waals surface area contributed by atoms with E-state index in [1.54, 1.807) is 6.20 Å². The predicted molar refractivity (Wildman–Crippen MR) is 151 cm³/mol. The Bertz CT molecular complexity index is 1260. The Morgan fingerprint density at radius 2 is 2.08 bits per heavy atom. The molecule has 0 bridgehead atoms. The Kier molecular flexibility index (Phi) is 7.72. The minimum atomic E-state index is -0.543. The Morgan fingerprint density at radius 3 is 2.82 bits per heavy atom. The van der Waals surface area contributed by atoms with Crippen LogP contribution in [0.4, 0.5) is 16.4 Å². The molecule has 38 heavy (non-hydrogen) atoms. The summed E-state index contributed by atoms with van der Waals surface area (Å²) < 4.78 is 5.73. The van der Waals surface area contributed by atoms with Crippen LogP contribution in [0.15, 0.2) is 60.6 Å². The molecule has 200 valence electrons. The third-order valence-corrected chi connectivity index (χ3v) is 7.13. The number of carbonyl (C=O) groups excluding carboxylic acids is 1. The molecule has 1 aromatic heterocycles. The zero-order valence-electron chi connectivity index (χ0n) is 22.1. The number of carbonyl (C=O) groups is 1. The second-order valence-corrected chi connectivity index (χ2v) is 11.3. The average molecular weight is 535 g/mol. The number of rotatable bonds is 6. The second kappa shape index (κ2) is 11.2. The molecule has 9 heteroatoms. The molecule has 1 unspecified atom stereocenters. The van der Waals surface area contributed by atoms with Crippen molar-refractivity contribution in [2.24, 2.45) is 5.92 Å². The molecule has 2 aromatic rings. The topological polar surface area (TPSA) is 91.4 Å². The zero-order chi connectivity index (χ0) is 26.7. The van der Waals surface area contributed by atoms with E-state index in [4.69, 9.17) is 21.3 Å². The van der Waals surface area contributed by atoms with E-state index >= 15 is 0 Å². The summed E-state index contributed by atoms with van der Waals surface area (Å²) in [5.41, 5.74) is 4.28. The van der Waals surface area contributed by atoms with Gasteiger partial charge in [-0.3, -0.25) is 4.90 Å². The molecule has 1 saturated heterocycles. The van der Waals surface area contributed by atoms with Crippen LogP contribution in [0.25, 0.3) is 5.57 Å². The van der Waals surface area contributed by atoms with Crippen LogP contribution in [-0.4, -0.2) is 45.7 Å². The quantitative estimate of drug-likeness (QED) is 0.433. The van der Waals surface area contributed by atoms with Gasteiger partial charge in [0.25, 0.3) is 0 Å². The number of allylic oxidation sites excluding steroid dienone is 4. The van der Waals surface area contributed by atoms with Crippen molar-refractivity contribution >= 4 is 34.9 Å². The zero-order valence-corrected chi connectivity index (χ0v) is 22.9. The first-order chi connectivity index (χ1) is 18.3. The largest absolute Gasteiger partial charge is 0.444 e. The van der Waals surface area contributed by atoms with Crippen LogP contribution >= 0.6 is 11.6 Å². The number of fused-ring (bicyclic) bond motifs is 1. The molecule has 2 aliphatic heterocycles. The molecular formula is C29H35ClN6O2. The Labute approximate surface area is 229 Å². The minimum absolute atomic E-state index is 0.103. The van der Waals surface area contributed by atoms with E-state index in [1.165, 1.54) is 0 Å². The molecule has 0 saturated carbocycles. The number of aromatic nitrogens is 2. The maximum absolute atomic E-state index is 13.0. The average Bonchev–Trinajstić information content (AvgIpc) is 3.33. The Balaban J connectivity index is 1.28. The molecule has 3 N–H and O–H groups in total. The number of benzene rings is 1. The molecule has 8 nitrogen and oxygen atoms in total. The van der Waals surface area contributed by atoms with Gasteiger partial charge in [0, 0.05) is 48.2 Å². The molecule has 1 amide bonds. The fourth-order valence-corrected chi connectivity index (χ4v) is 5.18. The first-order valence-corrected chi connectivity index (χ1v) is 13.6. The number of hydrogen-bond acceptors (Lipinski definition) is 7. The standard InChI is InChI=1S/C29H35ClN6O2/c1-29(2,3)38-28(37)36(21-7-6-14-31-15-21)18-19-10-12-20(13-11-19)34-27-33-17-24(30)26(35-27)23-16-32-25-9-5-4-8-22(23)25/h4-5,9-13,16-17,21-22,31-32H,6-8,14-15,18H2,1-3H3,(H,33,34,35)/t21-,22?/m1/s1. The van der Waals surface area contributed by atoms with Crippen molar-refractivity contribution < 1.29 is 9.53 Å². The monoisotopic (exact) mass is 534 g/mol. The molecule has 5 rings (SSSR count). The maximum atomic E-state index is 13.0. The van der Waals surface area contributed by atoms with E-state index in [0.29, 0.717) is 17.5 Å². The van der Waals surface area contributed by atoms with Gasteiger partial charge in [0.05, 0.1) is 16.9 Å². The van der Waals surface area contributed by atoms with Gasteiger partial charge in [0.15, 0.2) is 0 Å². The SMILES string of the molecule is CC(C)(C)OC(=O)N(Cc1ccc(Nc2ncc(Cl)c(C3=CNC4=CC=CCC43)n2)cc1)[C@@H]1CCCNC1. The summed E-state index contributed by atoms with van der Waals surface area (Å²) in [7, 11) is 0. The molecule has 0 spiro atoms. The number of ether oxygens (including phenoxy) is 1. The molecule has 3 heterocycles. The first-order valence-electron chi connectivity index (χ1n) is 13.2. The normalized spacial score (nSPS) is 20.6. The number of anilines is 2. The molecule has 2 atom stereocenters. The summed E-state index contributed by atoms with van der Waals surface area (Å²) in [5.74, 6) is 0.706. The molecule has 3 aliphatic rings. The summed E-state index contributed by atoms with van der Waals surface area (Å²) in [6.45, 7) is 7.93. The number of nitrogens with zero attached hydrogens (tertiary/aromatic N) is 3. The number of piperidine rings is 1. The maximum Gasteiger partial charge on any atom is 0.410 e. The number of amides is 1.